The second-order valence-electron chi connectivity index (χ2n) is 8.97. The molecule has 29 heavy (non-hydrogen) atoms. The van der Waals surface area contributed by atoms with Crippen LogP contribution in [-0.4, -0.2) is 28.7 Å². The van der Waals surface area contributed by atoms with E-state index in [1.807, 2.05) is 19.2 Å². The number of hydrogen-bond donors (Lipinski definition) is 1. The lowest BCUT2D eigenvalue weighted by molar-refractivity contribution is -0.127. The predicted molar refractivity (Wildman–Crippen MR) is 111 cm³/mol. The maximum absolute atomic E-state index is 11.4. The van der Waals surface area contributed by atoms with Crippen LogP contribution in [0.4, 0.5) is 0 Å². The number of ether oxygens (including phenoxy) is 2. The summed E-state index contributed by atoms with van der Waals surface area (Å²) in [6.45, 7) is 2.33. The van der Waals surface area contributed by atoms with Crippen molar-refractivity contribution in [3.63, 3.8) is 0 Å². The van der Waals surface area contributed by atoms with Gasteiger partial charge in [0, 0.05) is 7.11 Å². The van der Waals surface area contributed by atoms with Crippen molar-refractivity contribution in [3.05, 3.63) is 23.3 Å². The number of fused-ring (bicyclic) bond motifs is 5. The van der Waals surface area contributed by atoms with Gasteiger partial charge in [0.05, 0.1) is 13.2 Å². The number of hydrogen-bond acceptors (Lipinski definition) is 5. The molecule has 162 valence electrons. The Bertz CT molecular complexity index is 870. The highest BCUT2D eigenvalue weighted by Gasteiger charge is 2.54. The van der Waals surface area contributed by atoms with Gasteiger partial charge in [-0.2, -0.15) is 13.6 Å². The quantitative estimate of drug-likeness (QED) is 0.775. The lowest BCUT2D eigenvalue weighted by Crippen LogP contribution is -2.53. The molecule has 4 rings (SSSR count). The summed E-state index contributed by atoms with van der Waals surface area (Å²) in [5.74, 6) is 2.43. The van der Waals surface area contributed by atoms with Crippen LogP contribution in [0.25, 0.3) is 0 Å². The van der Waals surface area contributed by atoms with E-state index in [9.17, 15) is 8.42 Å². The molecule has 2 N–H and O–H groups in total. The molecule has 2 saturated carbocycles. The second-order valence-corrected chi connectivity index (χ2v) is 10.1. The molecule has 0 spiro atoms. The van der Waals surface area contributed by atoms with Crippen molar-refractivity contribution in [3.8, 4) is 11.5 Å². The van der Waals surface area contributed by atoms with Crippen LogP contribution in [0, 0.1) is 17.3 Å². The summed E-state index contributed by atoms with van der Waals surface area (Å²) in [6, 6.07) is 3.80. The van der Waals surface area contributed by atoms with E-state index in [1.165, 1.54) is 44.8 Å². The van der Waals surface area contributed by atoms with Crippen LogP contribution in [0.2, 0.25) is 0 Å². The molecule has 5 atom stereocenters. The summed E-state index contributed by atoms with van der Waals surface area (Å²) in [5.41, 5.74) is 2.75. The molecular weight excluding hydrogens is 390 g/mol. The van der Waals surface area contributed by atoms with Gasteiger partial charge in [-0.1, -0.05) is 13.3 Å². The zero-order chi connectivity index (χ0) is 20.8. The first-order chi connectivity index (χ1) is 13.8. The molecule has 1 unspecified atom stereocenters. The summed E-state index contributed by atoms with van der Waals surface area (Å²) in [7, 11) is -0.677. The van der Waals surface area contributed by atoms with Crippen molar-refractivity contribution in [1.29, 1.82) is 0 Å². The molecule has 3 aliphatic rings. The highest BCUT2D eigenvalue weighted by molar-refractivity contribution is 7.84. The molecule has 0 bridgehead atoms. The lowest BCUT2D eigenvalue weighted by atomic mass is 9.48. The molecule has 0 heterocycles. The number of methoxy groups -OCH3 is 2. The van der Waals surface area contributed by atoms with Crippen LogP contribution in [0.15, 0.2) is 12.1 Å². The average molecular weight is 424 g/mol. The Morgan fingerprint density at radius 1 is 1.14 bits per heavy atom. The van der Waals surface area contributed by atoms with Gasteiger partial charge in [0.15, 0.2) is 11.5 Å². The van der Waals surface area contributed by atoms with Crippen LogP contribution < -0.4 is 14.1 Å². The van der Waals surface area contributed by atoms with E-state index in [-0.39, 0.29) is 5.75 Å². The first kappa shape index (κ1) is 20.9. The third-order valence-corrected chi connectivity index (χ3v) is 8.45. The van der Waals surface area contributed by atoms with E-state index in [0.29, 0.717) is 35.0 Å². The zero-order valence-electron chi connectivity index (χ0n) is 17.6. The summed E-state index contributed by atoms with van der Waals surface area (Å²) in [6.07, 6.45) is 9.63. The van der Waals surface area contributed by atoms with E-state index in [0.717, 1.165) is 24.8 Å². The van der Waals surface area contributed by atoms with Crippen molar-refractivity contribution in [1.82, 2.24) is 0 Å². The largest absolute Gasteiger partial charge is 0.493 e. The summed E-state index contributed by atoms with van der Waals surface area (Å²) in [4.78, 5) is 0. The van der Waals surface area contributed by atoms with Crippen LogP contribution in [0.1, 0.15) is 68.9 Å². The molecule has 0 radical (unpaired) electrons. The topological polar surface area (TPSA) is 87.9 Å². The van der Waals surface area contributed by atoms with Gasteiger partial charge in [0.25, 0.3) is 0 Å². The van der Waals surface area contributed by atoms with Gasteiger partial charge in [-0.15, -0.1) is 0 Å². The van der Waals surface area contributed by atoms with E-state index in [1.54, 1.807) is 0 Å². The van der Waals surface area contributed by atoms with Gasteiger partial charge < -0.3 is 13.7 Å². The fourth-order valence-corrected chi connectivity index (χ4v) is 7.28. The monoisotopic (exact) mass is 423 g/mol. The fourth-order valence-electron chi connectivity index (χ4n) is 6.90. The first-order valence-electron chi connectivity index (χ1n) is 10.8. The van der Waals surface area contributed by atoms with Crippen LogP contribution in [0.5, 0.6) is 11.5 Å². The van der Waals surface area contributed by atoms with Crippen molar-refractivity contribution in [2.45, 2.75) is 70.3 Å². The summed E-state index contributed by atoms with van der Waals surface area (Å²) < 4.78 is 39.3. The van der Waals surface area contributed by atoms with Crippen molar-refractivity contribution in [2.24, 2.45) is 22.4 Å². The lowest BCUT2D eigenvalue weighted by Gasteiger charge is -2.58. The Kier molecular flexibility index (Phi) is 5.59. The van der Waals surface area contributed by atoms with Crippen LogP contribution in [0.3, 0.4) is 0 Å². The third kappa shape index (κ3) is 3.55. The summed E-state index contributed by atoms with van der Waals surface area (Å²) >= 11 is 0. The van der Waals surface area contributed by atoms with Gasteiger partial charge in [-0.05, 0) is 91.4 Å². The molecule has 6 nitrogen and oxygen atoms in total. The van der Waals surface area contributed by atoms with E-state index >= 15 is 0 Å². The Balaban J connectivity index is 1.70. The van der Waals surface area contributed by atoms with Gasteiger partial charge >= 0.3 is 10.3 Å². The van der Waals surface area contributed by atoms with Crippen LogP contribution in [-0.2, 0) is 21.5 Å². The maximum Gasteiger partial charge on any atom is 0.380 e. The number of nitrogens with two attached hydrogens (primary N) is 1. The molecular formula is C22H33NO5S. The van der Waals surface area contributed by atoms with Gasteiger partial charge in [0.2, 0.25) is 0 Å². The van der Waals surface area contributed by atoms with Crippen molar-refractivity contribution in [2.75, 3.05) is 14.2 Å². The number of rotatable bonds is 5. The SMILES string of the molecule is CC[C@]12CC[C@@H]3c4cc(OC)c(OS(N)(=O)=O)cc4CC[C@H]3[C@@H]1CCCC2OC. The molecule has 1 aromatic carbocycles. The maximum atomic E-state index is 11.4. The minimum Gasteiger partial charge on any atom is -0.493 e. The predicted octanol–water partition coefficient (Wildman–Crippen LogP) is 3.93. The normalized spacial score (nSPS) is 33.9. The summed E-state index contributed by atoms with van der Waals surface area (Å²) in [5, 5.41) is 5.09. The molecule has 0 aromatic heterocycles. The average Bonchev–Trinajstić information content (AvgIpc) is 2.70. The molecule has 2 fully saturated rings. The molecule has 3 aliphatic carbocycles. The van der Waals surface area contributed by atoms with E-state index in [2.05, 4.69) is 6.92 Å². The van der Waals surface area contributed by atoms with Gasteiger partial charge in [-0.25, -0.2) is 0 Å². The van der Waals surface area contributed by atoms with E-state index in [4.69, 9.17) is 18.8 Å². The Labute approximate surface area is 174 Å². The first-order valence-corrected chi connectivity index (χ1v) is 12.3. The second kappa shape index (κ2) is 7.75. The highest BCUT2D eigenvalue weighted by atomic mass is 32.2. The molecule has 0 aliphatic heterocycles. The smallest absolute Gasteiger partial charge is 0.380 e. The van der Waals surface area contributed by atoms with Gasteiger partial charge in [-0.3, -0.25) is 0 Å². The minimum absolute atomic E-state index is 0.183. The minimum atomic E-state index is -4.09. The molecule has 1 aromatic rings. The molecule has 0 amide bonds. The van der Waals surface area contributed by atoms with E-state index < -0.39 is 10.3 Å². The Hall–Kier alpha value is -1.31. The Morgan fingerprint density at radius 2 is 1.93 bits per heavy atom. The third-order valence-electron chi connectivity index (χ3n) is 8.04. The number of benzene rings is 1. The number of aryl methyl sites for hydroxylation is 1. The molecule has 0 saturated heterocycles. The highest BCUT2D eigenvalue weighted by Crippen LogP contribution is 2.62. The van der Waals surface area contributed by atoms with Crippen LogP contribution >= 0.6 is 0 Å². The fraction of sp³-hybridized carbons (Fsp3) is 0.727. The van der Waals surface area contributed by atoms with Gasteiger partial charge in [0.1, 0.15) is 0 Å². The zero-order valence-corrected chi connectivity index (χ0v) is 18.5. The molecule has 7 heteroatoms. The van der Waals surface area contributed by atoms with Crippen molar-refractivity contribution >= 4 is 10.3 Å². The van der Waals surface area contributed by atoms with Crippen molar-refractivity contribution < 1.29 is 22.1 Å². The standard InChI is InChI=1S/C22H33NO5S/c1-4-22-11-10-15-16(18(22)6-5-7-21(22)27-3)9-8-14-12-20(28-29(23,24)25)19(26-2)13-17(14)15/h12-13,15-16,18,21H,4-11H2,1-3H3,(H2,23,24,25)/t15-,16+,18-,21?,22-/m0/s1. The Morgan fingerprint density at radius 3 is 2.59 bits per heavy atom.